The van der Waals surface area contributed by atoms with Crippen molar-refractivity contribution in [2.75, 3.05) is 6.61 Å². The SMILES string of the molecule is O=[N+]([O-])c1cc(Br)ccc1OCc1ccc(C#CCO)s1. The fraction of sp³-hybridized carbons (Fsp3) is 0.143. The number of hydrogen-bond donors (Lipinski definition) is 1. The Hall–Kier alpha value is -1.88. The van der Waals surface area contributed by atoms with E-state index in [1.807, 2.05) is 12.1 Å². The summed E-state index contributed by atoms with van der Waals surface area (Å²) in [5.41, 5.74) is -0.0822. The van der Waals surface area contributed by atoms with E-state index in [9.17, 15) is 10.1 Å². The van der Waals surface area contributed by atoms with Crippen molar-refractivity contribution in [2.45, 2.75) is 6.61 Å². The smallest absolute Gasteiger partial charge is 0.312 e. The first kappa shape index (κ1) is 15.5. The van der Waals surface area contributed by atoms with E-state index >= 15 is 0 Å². The van der Waals surface area contributed by atoms with E-state index < -0.39 is 4.92 Å². The minimum Gasteiger partial charge on any atom is -0.481 e. The van der Waals surface area contributed by atoms with Crippen molar-refractivity contribution in [2.24, 2.45) is 0 Å². The molecule has 0 spiro atoms. The third-order valence-electron chi connectivity index (χ3n) is 2.44. The van der Waals surface area contributed by atoms with Gasteiger partial charge in [0.1, 0.15) is 13.2 Å². The van der Waals surface area contributed by atoms with E-state index in [1.165, 1.54) is 17.4 Å². The molecule has 1 aromatic carbocycles. The molecule has 0 radical (unpaired) electrons. The van der Waals surface area contributed by atoms with Crippen LogP contribution in [0.2, 0.25) is 0 Å². The molecule has 0 aliphatic heterocycles. The summed E-state index contributed by atoms with van der Waals surface area (Å²) in [7, 11) is 0. The van der Waals surface area contributed by atoms with Crippen LogP contribution in [0.5, 0.6) is 5.75 Å². The average molecular weight is 368 g/mol. The second-order valence-corrected chi connectivity index (χ2v) is 5.97. The number of ether oxygens (including phenoxy) is 1. The molecule has 2 aromatic rings. The van der Waals surface area contributed by atoms with Crippen LogP contribution in [0.25, 0.3) is 0 Å². The van der Waals surface area contributed by atoms with Gasteiger partial charge in [-0.25, -0.2) is 0 Å². The molecule has 0 fully saturated rings. The molecule has 0 aliphatic rings. The largest absolute Gasteiger partial charge is 0.481 e. The maximum absolute atomic E-state index is 11.0. The van der Waals surface area contributed by atoms with Crippen LogP contribution in [0.4, 0.5) is 5.69 Å². The van der Waals surface area contributed by atoms with E-state index in [4.69, 9.17) is 9.84 Å². The average Bonchev–Trinajstić information content (AvgIpc) is 2.91. The number of aliphatic hydroxyl groups excluding tert-OH is 1. The molecule has 1 aromatic heterocycles. The fourth-order valence-corrected chi connectivity index (χ4v) is 2.70. The Balaban J connectivity index is 2.09. The topological polar surface area (TPSA) is 72.6 Å². The highest BCUT2D eigenvalue weighted by molar-refractivity contribution is 9.10. The third kappa shape index (κ3) is 4.29. The second kappa shape index (κ2) is 7.22. The molecule has 0 saturated carbocycles. The number of benzene rings is 1. The Morgan fingerprint density at radius 3 is 2.90 bits per heavy atom. The van der Waals surface area contributed by atoms with E-state index in [1.54, 1.807) is 12.1 Å². The lowest BCUT2D eigenvalue weighted by Crippen LogP contribution is -1.97. The maximum Gasteiger partial charge on any atom is 0.312 e. The number of aliphatic hydroxyl groups is 1. The summed E-state index contributed by atoms with van der Waals surface area (Å²) in [6.45, 7) is 0.0444. The number of rotatable bonds is 4. The molecule has 1 heterocycles. The van der Waals surface area contributed by atoms with Gasteiger partial charge in [-0.05, 0) is 24.3 Å². The molecule has 0 amide bonds. The summed E-state index contributed by atoms with van der Waals surface area (Å²) in [5, 5.41) is 19.6. The zero-order chi connectivity index (χ0) is 15.2. The van der Waals surface area contributed by atoms with E-state index in [0.29, 0.717) is 4.47 Å². The third-order valence-corrected chi connectivity index (χ3v) is 3.91. The van der Waals surface area contributed by atoms with Gasteiger partial charge >= 0.3 is 5.69 Å². The van der Waals surface area contributed by atoms with Crippen LogP contribution in [0.3, 0.4) is 0 Å². The van der Waals surface area contributed by atoms with Crippen LogP contribution in [0, 0.1) is 22.0 Å². The summed E-state index contributed by atoms with van der Waals surface area (Å²) in [6.07, 6.45) is 0. The van der Waals surface area contributed by atoms with E-state index in [-0.39, 0.29) is 24.7 Å². The fourth-order valence-electron chi connectivity index (χ4n) is 1.55. The Morgan fingerprint density at radius 1 is 1.38 bits per heavy atom. The Bertz CT molecular complexity index is 717. The van der Waals surface area contributed by atoms with Crippen LogP contribution in [-0.4, -0.2) is 16.6 Å². The number of thiophene rings is 1. The molecule has 0 atom stereocenters. The van der Waals surface area contributed by atoms with Crippen LogP contribution < -0.4 is 4.74 Å². The number of nitro benzene ring substituents is 1. The van der Waals surface area contributed by atoms with Gasteiger partial charge in [0.15, 0.2) is 5.75 Å². The predicted molar refractivity (Wildman–Crippen MR) is 83.4 cm³/mol. The number of hydrogen-bond acceptors (Lipinski definition) is 5. The molecule has 108 valence electrons. The van der Waals surface area contributed by atoms with Crippen molar-refractivity contribution in [1.29, 1.82) is 0 Å². The second-order valence-electron chi connectivity index (χ2n) is 3.88. The van der Waals surface area contributed by atoms with Gasteiger partial charge in [0, 0.05) is 15.4 Å². The van der Waals surface area contributed by atoms with Crippen molar-refractivity contribution in [3.8, 4) is 17.6 Å². The first-order valence-corrected chi connectivity index (χ1v) is 7.46. The molecule has 0 saturated heterocycles. The molecule has 21 heavy (non-hydrogen) atoms. The lowest BCUT2D eigenvalue weighted by atomic mass is 10.3. The molecular weight excluding hydrogens is 358 g/mol. The zero-order valence-electron chi connectivity index (χ0n) is 10.7. The lowest BCUT2D eigenvalue weighted by molar-refractivity contribution is -0.386. The molecule has 7 heteroatoms. The normalized spacial score (nSPS) is 9.81. The van der Waals surface area contributed by atoms with Gasteiger partial charge in [0.25, 0.3) is 0 Å². The van der Waals surface area contributed by atoms with Gasteiger partial charge in [-0.3, -0.25) is 10.1 Å². The first-order chi connectivity index (χ1) is 10.1. The minimum absolute atomic E-state index is 0.0822. The van der Waals surface area contributed by atoms with Gasteiger partial charge in [0.2, 0.25) is 0 Å². The quantitative estimate of drug-likeness (QED) is 0.510. The Labute approximate surface area is 133 Å². The highest BCUT2D eigenvalue weighted by Crippen LogP contribution is 2.31. The maximum atomic E-state index is 11.0. The van der Waals surface area contributed by atoms with E-state index in [2.05, 4.69) is 27.8 Å². The monoisotopic (exact) mass is 367 g/mol. The van der Waals surface area contributed by atoms with Crippen LogP contribution in [-0.2, 0) is 6.61 Å². The van der Waals surface area contributed by atoms with Crippen LogP contribution in [0.15, 0.2) is 34.8 Å². The molecule has 0 bridgehead atoms. The van der Waals surface area contributed by atoms with Gasteiger partial charge in [-0.15, -0.1) is 11.3 Å². The standard InChI is InChI=1S/C14H10BrNO4S/c15-10-3-6-14(13(8-10)16(18)19)20-9-12-5-4-11(21-12)2-1-7-17/h3-6,8,17H,7,9H2. The summed E-state index contributed by atoms with van der Waals surface area (Å²) in [4.78, 5) is 12.2. The molecule has 5 nitrogen and oxygen atoms in total. The molecular formula is C14H10BrNO4S. The van der Waals surface area contributed by atoms with Crippen LogP contribution in [0.1, 0.15) is 9.75 Å². The molecule has 2 rings (SSSR count). The number of nitro groups is 1. The zero-order valence-corrected chi connectivity index (χ0v) is 13.1. The number of nitrogens with zero attached hydrogens (tertiary/aromatic N) is 1. The van der Waals surface area contributed by atoms with Crippen molar-refractivity contribution < 1.29 is 14.8 Å². The van der Waals surface area contributed by atoms with Crippen molar-refractivity contribution in [1.82, 2.24) is 0 Å². The van der Waals surface area contributed by atoms with Gasteiger partial charge < -0.3 is 9.84 Å². The lowest BCUT2D eigenvalue weighted by Gasteiger charge is -2.05. The molecule has 0 aliphatic carbocycles. The predicted octanol–water partition coefficient (Wildman–Crippen LogP) is 3.34. The van der Waals surface area contributed by atoms with Gasteiger partial charge in [0.05, 0.1) is 9.80 Å². The van der Waals surface area contributed by atoms with Crippen molar-refractivity contribution >= 4 is 33.0 Å². The highest BCUT2D eigenvalue weighted by Gasteiger charge is 2.15. The van der Waals surface area contributed by atoms with Crippen molar-refractivity contribution in [3.63, 3.8) is 0 Å². The van der Waals surface area contributed by atoms with Gasteiger partial charge in [-0.1, -0.05) is 27.8 Å². The van der Waals surface area contributed by atoms with Gasteiger partial charge in [-0.2, -0.15) is 0 Å². The number of halogens is 1. The summed E-state index contributed by atoms with van der Waals surface area (Å²) in [6, 6.07) is 8.32. The summed E-state index contributed by atoms with van der Waals surface area (Å²) in [5.74, 6) is 5.58. The summed E-state index contributed by atoms with van der Waals surface area (Å²) >= 11 is 4.62. The Morgan fingerprint density at radius 2 is 2.19 bits per heavy atom. The van der Waals surface area contributed by atoms with E-state index in [0.717, 1.165) is 9.75 Å². The van der Waals surface area contributed by atoms with Crippen molar-refractivity contribution in [3.05, 3.63) is 54.7 Å². The molecule has 1 N–H and O–H groups in total. The first-order valence-electron chi connectivity index (χ1n) is 5.85. The van der Waals surface area contributed by atoms with Crippen LogP contribution >= 0.6 is 27.3 Å². The summed E-state index contributed by atoms with van der Waals surface area (Å²) < 4.78 is 6.13. The minimum atomic E-state index is -0.479. The highest BCUT2D eigenvalue weighted by atomic mass is 79.9. The Kier molecular flexibility index (Phi) is 5.33. The molecule has 0 unspecified atom stereocenters.